The Hall–Kier alpha value is -1.55. The molecule has 0 radical (unpaired) electrons. The molecule has 4 N–H and O–H groups in total. The molecule has 1 aromatic heterocycles. The zero-order valence-electron chi connectivity index (χ0n) is 8.71. The summed E-state index contributed by atoms with van der Waals surface area (Å²) >= 11 is 0. The summed E-state index contributed by atoms with van der Waals surface area (Å²) in [5, 5.41) is 0. The molecule has 0 saturated carbocycles. The number of benzene rings is 1. The minimum atomic E-state index is -0.159. The maximum atomic E-state index is 11.1. The third-order valence-corrected chi connectivity index (χ3v) is 2.71. The summed E-state index contributed by atoms with van der Waals surface area (Å²) in [5.41, 5.74) is 8.29. The zero-order chi connectivity index (χ0) is 10.8. The zero-order valence-corrected chi connectivity index (χ0v) is 8.71. The summed E-state index contributed by atoms with van der Waals surface area (Å²) in [6.07, 6.45) is 0.958. The predicted octanol–water partition coefficient (Wildman–Crippen LogP) is 1.31. The van der Waals surface area contributed by atoms with E-state index >= 15 is 0 Å². The number of aromatic amines is 2. The van der Waals surface area contributed by atoms with Crippen molar-refractivity contribution < 1.29 is 0 Å². The van der Waals surface area contributed by atoms with Gasteiger partial charge in [0.2, 0.25) is 0 Å². The number of fused-ring (bicyclic) bond motifs is 1. The van der Waals surface area contributed by atoms with Crippen LogP contribution in [0.25, 0.3) is 11.0 Å². The molecule has 1 heterocycles. The summed E-state index contributed by atoms with van der Waals surface area (Å²) in [6.45, 7) is 2.82. The Morgan fingerprint density at radius 2 is 2.07 bits per heavy atom. The van der Waals surface area contributed by atoms with Gasteiger partial charge in [0.25, 0.3) is 0 Å². The number of H-pyrrole nitrogens is 2. The van der Waals surface area contributed by atoms with Crippen LogP contribution in [0.15, 0.2) is 23.0 Å². The van der Waals surface area contributed by atoms with Crippen molar-refractivity contribution in [3.63, 3.8) is 0 Å². The first kappa shape index (κ1) is 9.98. The van der Waals surface area contributed by atoms with Gasteiger partial charge >= 0.3 is 5.69 Å². The number of rotatable bonds is 3. The Morgan fingerprint density at radius 1 is 1.33 bits per heavy atom. The fourth-order valence-corrected chi connectivity index (χ4v) is 1.77. The monoisotopic (exact) mass is 205 g/mol. The maximum Gasteiger partial charge on any atom is 0.323 e. The maximum absolute atomic E-state index is 11.1. The lowest BCUT2D eigenvalue weighted by Crippen LogP contribution is -2.04. The van der Waals surface area contributed by atoms with Crippen LogP contribution in [0.3, 0.4) is 0 Å². The van der Waals surface area contributed by atoms with E-state index in [4.69, 9.17) is 5.73 Å². The average molecular weight is 205 g/mol. The molecular formula is C11H15N3O. The molecular weight excluding hydrogens is 190 g/mol. The van der Waals surface area contributed by atoms with E-state index in [1.165, 1.54) is 5.56 Å². The summed E-state index contributed by atoms with van der Waals surface area (Å²) in [7, 11) is 0. The van der Waals surface area contributed by atoms with Crippen molar-refractivity contribution in [2.24, 2.45) is 5.73 Å². The van der Waals surface area contributed by atoms with E-state index < -0.39 is 0 Å². The SMILES string of the molecule is CC(CCN)c1ccc2[nH]c(=O)[nH]c2c1. The van der Waals surface area contributed by atoms with Crippen LogP contribution in [-0.2, 0) is 0 Å². The molecule has 0 fully saturated rings. The lowest BCUT2D eigenvalue weighted by molar-refractivity contribution is 0.691. The lowest BCUT2D eigenvalue weighted by atomic mass is 9.97. The number of hydrogen-bond acceptors (Lipinski definition) is 2. The second kappa shape index (κ2) is 3.90. The Balaban J connectivity index is 2.41. The molecule has 0 amide bonds. The van der Waals surface area contributed by atoms with Crippen LogP contribution >= 0.6 is 0 Å². The molecule has 15 heavy (non-hydrogen) atoms. The standard InChI is InChI=1S/C11H15N3O/c1-7(4-5-12)8-2-3-9-10(6-8)14-11(15)13-9/h2-3,6-7H,4-5,12H2,1H3,(H2,13,14,15). The smallest absolute Gasteiger partial charge is 0.323 e. The first-order valence-corrected chi connectivity index (χ1v) is 5.12. The molecule has 2 aromatic rings. The highest BCUT2D eigenvalue weighted by molar-refractivity contribution is 5.75. The highest BCUT2D eigenvalue weighted by Gasteiger charge is 2.06. The third kappa shape index (κ3) is 1.94. The molecule has 4 nitrogen and oxygen atoms in total. The van der Waals surface area contributed by atoms with Crippen molar-refractivity contribution in [2.45, 2.75) is 19.3 Å². The van der Waals surface area contributed by atoms with Crippen molar-refractivity contribution in [3.05, 3.63) is 34.2 Å². The Labute approximate surface area is 87.5 Å². The average Bonchev–Trinajstić information content (AvgIpc) is 2.57. The van der Waals surface area contributed by atoms with Gasteiger partial charge in [0.05, 0.1) is 11.0 Å². The van der Waals surface area contributed by atoms with Gasteiger partial charge in [-0.2, -0.15) is 0 Å². The van der Waals surface area contributed by atoms with Crippen LogP contribution in [0.1, 0.15) is 24.8 Å². The van der Waals surface area contributed by atoms with Crippen LogP contribution in [0.4, 0.5) is 0 Å². The minimum Gasteiger partial charge on any atom is -0.330 e. The van der Waals surface area contributed by atoms with Gasteiger partial charge in [0, 0.05) is 0 Å². The van der Waals surface area contributed by atoms with Crippen LogP contribution in [0.2, 0.25) is 0 Å². The predicted molar refractivity (Wildman–Crippen MR) is 61.0 cm³/mol. The highest BCUT2D eigenvalue weighted by Crippen LogP contribution is 2.20. The molecule has 80 valence electrons. The molecule has 0 bridgehead atoms. The van der Waals surface area contributed by atoms with Crippen molar-refractivity contribution in [2.75, 3.05) is 6.54 Å². The molecule has 4 heteroatoms. The van der Waals surface area contributed by atoms with E-state index in [0.29, 0.717) is 12.5 Å². The van der Waals surface area contributed by atoms with Gasteiger partial charge < -0.3 is 15.7 Å². The van der Waals surface area contributed by atoms with Crippen LogP contribution in [0, 0.1) is 0 Å². The van der Waals surface area contributed by atoms with Crippen molar-refractivity contribution in [3.8, 4) is 0 Å². The second-order valence-corrected chi connectivity index (χ2v) is 3.86. The molecule has 1 atom stereocenters. The highest BCUT2D eigenvalue weighted by atomic mass is 16.1. The summed E-state index contributed by atoms with van der Waals surface area (Å²) in [5.74, 6) is 0.429. The quantitative estimate of drug-likeness (QED) is 0.706. The van der Waals surface area contributed by atoms with Gasteiger partial charge in [0.15, 0.2) is 0 Å². The molecule has 0 aliphatic heterocycles. The molecule has 2 rings (SSSR count). The molecule has 1 unspecified atom stereocenters. The minimum absolute atomic E-state index is 0.159. The molecule has 1 aromatic carbocycles. The van der Waals surface area contributed by atoms with Crippen LogP contribution in [-0.4, -0.2) is 16.5 Å². The molecule has 0 spiro atoms. The van der Waals surface area contributed by atoms with Gasteiger partial charge in [0.1, 0.15) is 0 Å². The van der Waals surface area contributed by atoms with Gasteiger partial charge in [-0.15, -0.1) is 0 Å². The number of aromatic nitrogens is 2. The van der Waals surface area contributed by atoms with E-state index in [1.54, 1.807) is 0 Å². The molecule has 0 aliphatic rings. The number of imidazole rings is 1. The fourth-order valence-electron chi connectivity index (χ4n) is 1.77. The van der Waals surface area contributed by atoms with E-state index in [1.807, 2.05) is 18.2 Å². The topological polar surface area (TPSA) is 74.7 Å². The largest absolute Gasteiger partial charge is 0.330 e. The van der Waals surface area contributed by atoms with Gasteiger partial charge in [-0.3, -0.25) is 0 Å². The Bertz CT molecular complexity index is 512. The fraction of sp³-hybridized carbons (Fsp3) is 0.364. The normalized spacial score (nSPS) is 13.2. The first-order valence-electron chi connectivity index (χ1n) is 5.12. The first-order chi connectivity index (χ1) is 7.20. The van der Waals surface area contributed by atoms with E-state index in [2.05, 4.69) is 16.9 Å². The van der Waals surface area contributed by atoms with Crippen LogP contribution in [0.5, 0.6) is 0 Å². The Kier molecular flexibility index (Phi) is 2.60. The second-order valence-electron chi connectivity index (χ2n) is 3.86. The molecule has 0 aliphatic carbocycles. The van der Waals surface area contributed by atoms with E-state index in [0.717, 1.165) is 17.5 Å². The summed E-state index contributed by atoms with van der Waals surface area (Å²) < 4.78 is 0. The van der Waals surface area contributed by atoms with Crippen LogP contribution < -0.4 is 11.4 Å². The number of nitrogens with one attached hydrogen (secondary N) is 2. The van der Waals surface area contributed by atoms with E-state index in [9.17, 15) is 4.79 Å². The van der Waals surface area contributed by atoms with Gasteiger partial charge in [-0.05, 0) is 36.6 Å². The Morgan fingerprint density at radius 3 is 2.80 bits per heavy atom. The van der Waals surface area contributed by atoms with Crippen molar-refractivity contribution in [1.82, 2.24) is 9.97 Å². The molecule has 0 saturated heterocycles. The summed E-state index contributed by atoms with van der Waals surface area (Å²) in [4.78, 5) is 16.5. The lowest BCUT2D eigenvalue weighted by Gasteiger charge is -2.09. The number of nitrogens with two attached hydrogens (primary N) is 1. The van der Waals surface area contributed by atoms with E-state index in [-0.39, 0.29) is 5.69 Å². The number of hydrogen-bond donors (Lipinski definition) is 3. The van der Waals surface area contributed by atoms with Gasteiger partial charge in [-0.25, -0.2) is 4.79 Å². The van der Waals surface area contributed by atoms with Crippen molar-refractivity contribution >= 4 is 11.0 Å². The van der Waals surface area contributed by atoms with Gasteiger partial charge in [-0.1, -0.05) is 13.0 Å². The van der Waals surface area contributed by atoms with Crippen molar-refractivity contribution in [1.29, 1.82) is 0 Å². The third-order valence-electron chi connectivity index (χ3n) is 2.71. The summed E-state index contributed by atoms with van der Waals surface area (Å²) in [6, 6.07) is 5.97.